The van der Waals surface area contributed by atoms with Crippen LogP contribution in [-0.2, 0) is 9.53 Å². The summed E-state index contributed by atoms with van der Waals surface area (Å²) in [6.45, 7) is 4.54. The fourth-order valence-corrected chi connectivity index (χ4v) is 3.29. The van der Waals surface area contributed by atoms with Crippen LogP contribution in [0.15, 0.2) is 12.1 Å². The predicted molar refractivity (Wildman–Crippen MR) is 81.6 cm³/mol. The first-order valence-corrected chi connectivity index (χ1v) is 7.71. The zero-order valence-corrected chi connectivity index (χ0v) is 12.9. The molecule has 1 aromatic rings. The van der Waals surface area contributed by atoms with E-state index in [0.717, 1.165) is 29.4 Å². The number of ether oxygens (including phenoxy) is 1. The van der Waals surface area contributed by atoms with Gasteiger partial charge in [0.05, 0.1) is 11.0 Å². The number of aliphatic carboxylic acids is 1. The Morgan fingerprint density at radius 3 is 2.95 bits per heavy atom. The van der Waals surface area contributed by atoms with E-state index in [1.54, 1.807) is 6.07 Å². The van der Waals surface area contributed by atoms with Gasteiger partial charge in [-0.15, -0.1) is 11.3 Å². The zero-order valence-electron chi connectivity index (χ0n) is 12.1. The minimum Gasteiger partial charge on any atom is -0.478 e. The van der Waals surface area contributed by atoms with Crippen molar-refractivity contribution < 1.29 is 19.4 Å². The molecule has 0 bridgehead atoms. The Bertz CT molecular complexity index is 564. The lowest BCUT2D eigenvalue weighted by Crippen LogP contribution is -2.41. The van der Waals surface area contributed by atoms with Crippen molar-refractivity contribution in [1.29, 1.82) is 0 Å². The van der Waals surface area contributed by atoms with Gasteiger partial charge in [0.1, 0.15) is 0 Å². The molecule has 2 rings (SSSR count). The van der Waals surface area contributed by atoms with Gasteiger partial charge in [0.15, 0.2) is 0 Å². The number of carbonyl (C=O) groups is 2. The smallest absolute Gasteiger partial charge is 0.328 e. The van der Waals surface area contributed by atoms with Gasteiger partial charge >= 0.3 is 5.97 Å². The number of rotatable bonds is 4. The Morgan fingerprint density at radius 2 is 2.29 bits per heavy atom. The third kappa shape index (κ3) is 4.41. The fourth-order valence-electron chi connectivity index (χ4n) is 2.31. The Hall–Kier alpha value is -1.66. The molecule has 0 radical (unpaired) electrons. The summed E-state index contributed by atoms with van der Waals surface area (Å²) in [6.07, 6.45) is 4.42. The third-order valence-electron chi connectivity index (χ3n) is 3.38. The first-order valence-electron chi connectivity index (χ1n) is 6.89. The number of hydrogen-bond donors (Lipinski definition) is 2. The van der Waals surface area contributed by atoms with Crippen molar-refractivity contribution in [3.63, 3.8) is 0 Å². The molecule has 2 N–H and O–H groups in total. The second kappa shape index (κ2) is 6.87. The second-order valence-electron chi connectivity index (χ2n) is 5.21. The molecule has 5 nitrogen and oxygen atoms in total. The Kier molecular flexibility index (Phi) is 5.14. The van der Waals surface area contributed by atoms with Crippen LogP contribution in [0.4, 0.5) is 0 Å². The molecule has 1 aromatic heterocycles. The number of nitrogens with one attached hydrogen (secondary N) is 1. The molecule has 1 aliphatic heterocycles. The van der Waals surface area contributed by atoms with Gasteiger partial charge in [-0.3, -0.25) is 4.79 Å². The van der Waals surface area contributed by atoms with Crippen molar-refractivity contribution >= 4 is 29.3 Å². The average molecular weight is 309 g/mol. The minimum absolute atomic E-state index is 0.0998. The highest BCUT2D eigenvalue weighted by Gasteiger charge is 2.22. The molecule has 2 heterocycles. The lowest BCUT2D eigenvalue weighted by molar-refractivity contribution is -0.131. The molecule has 2 unspecified atom stereocenters. The largest absolute Gasteiger partial charge is 0.478 e. The van der Waals surface area contributed by atoms with E-state index in [1.165, 1.54) is 17.4 Å². The van der Waals surface area contributed by atoms with E-state index in [4.69, 9.17) is 9.84 Å². The summed E-state index contributed by atoms with van der Waals surface area (Å²) in [6, 6.07) is 1.94. The van der Waals surface area contributed by atoms with Gasteiger partial charge < -0.3 is 15.2 Å². The Labute approximate surface area is 127 Å². The van der Waals surface area contributed by atoms with E-state index < -0.39 is 5.97 Å². The molecule has 0 spiro atoms. The maximum atomic E-state index is 12.2. The van der Waals surface area contributed by atoms with E-state index >= 15 is 0 Å². The molecular formula is C15H19NO4S. The molecule has 21 heavy (non-hydrogen) atoms. The summed E-state index contributed by atoms with van der Waals surface area (Å²) < 4.78 is 5.46. The molecule has 0 saturated carbocycles. The van der Waals surface area contributed by atoms with Crippen molar-refractivity contribution in [2.75, 3.05) is 6.61 Å². The Morgan fingerprint density at radius 1 is 1.52 bits per heavy atom. The van der Waals surface area contributed by atoms with Crippen LogP contribution in [0.1, 0.15) is 39.9 Å². The maximum Gasteiger partial charge on any atom is 0.328 e. The van der Waals surface area contributed by atoms with Gasteiger partial charge in [0.25, 0.3) is 5.91 Å². The SMILES string of the molecule is Cc1cc(C(=O)NC2CCOC(C)C2)sc1/C=C/C(=O)O. The first-order chi connectivity index (χ1) is 9.95. The van der Waals surface area contributed by atoms with Gasteiger partial charge in [0, 0.05) is 23.6 Å². The number of hydrogen-bond acceptors (Lipinski definition) is 4. The highest BCUT2D eigenvalue weighted by Crippen LogP contribution is 2.24. The van der Waals surface area contributed by atoms with E-state index in [9.17, 15) is 9.59 Å². The maximum absolute atomic E-state index is 12.2. The predicted octanol–water partition coefficient (Wildman–Crippen LogP) is 2.45. The van der Waals surface area contributed by atoms with E-state index in [0.29, 0.717) is 11.5 Å². The number of carbonyl (C=O) groups excluding carboxylic acids is 1. The molecule has 1 amide bonds. The molecule has 0 aromatic carbocycles. The lowest BCUT2D eigenvalue weighted by atomic mass is 10.0. The van der Waals surface area contributed by atoms with Crippen LogP contribution in [0.2, 0.25) is 0 Å². The van der Waals surface area contributed by atoms with Crippen LogP contribution in [0, 0.1) is 6.92 Å². The standard InChI is InChI=1S/C15H19NO4S/c1-9-7-13(21-12(9)3-4-14(17)18)15(19)16-11-5-6-20-10(2)8-11/h3-4,7,10-11H,5-6,8H2,1-2H3,(H,16,19)(H,17,18)/b4-3+. The molecule has 0 aliphatic carbocycles. The molecule has 1 saturated heterocycles. The fraction of sp³-hybridized carbons (Fsp3) is 0.467. The topological polar surface area (TPSA) is 75.6 Å². The minimum atomic E-state index is -0.995. The molecule has 114 valence electrons. The van der Waals surface area contributed by atoms with Gasteiger partial charge in [-0.25, -0.2) is 4.79 Å². The van der Waals surface area contributed by atoms with Crippen LogP contribution < -0.4 is 5.32 Å². The van der Waals surface area contributed by atoms with Gasteiger partial charge in [-0.2, -0.15) is 0 Å². The summed E-state index contributed by atoms with van der Waals surface area (Å²) in [7, 11) is 0. The highest BCUT2D eigenvalue weighted by molar-refractivity contribution is 7.15. The van der Waals surface area contributed by atoms with Gasteiger partial charge in [-0.1, -0.05) is 0 Å². The summed E-state index contributed by atoms with van der Waals surface area (Å²) in [5, 5.41) is 11.7. The van der Waals surface area contributed by atoms with Crippen molar-refractivity contribution in [2.24, 2.45) is 0 Å². The number of amides is 1. The van der Waals surface area contributed by atoms with Crippen molar-refractivity contribution in [2.45, 2.75) is 38.8 Å². The van der Waals surface area contributed by atoms with Gasteiger partial charge in [-0.05, 0) is 44.4 Å². The normalized spacial score (nSPS) is 22.4. The summed E-state index contributed by atoms with van der Waals surface area (Å²) in [4.78, 5) is 24.2. The first kappa shape index (κ1) is 15.7. The highest BCUT2D eigenvalue weighted by atomic mass is 32.1. The Balaban J connectivity index is 2.02. The van der Waals surface area contributed by atoms with Crippen LogP contribution in [0.25, 0.3) is 6.08 Å². The van der Waals surface area contributed by atoms with Gasteiger partial charge in [0.2, 0.25) is 0 Å². The van der Waals surface area contributed by atoms with Crippen molar-refractivity contribution in [1.82, 2.24) is 5.32 Å². The molecule has 6 heteroatoms. The summed E-state index contributed by atoms with van der Waals surface area (Å²) in [5.74, 6) is -1.10. The summed E-state index contributed by atoms with van der Waals surface area (Å²) in [5.41, 5.74) is 0.906. The van der Waals surface area contributed by atoms with E-state index in [-0.39, 0.29) is 18.1 Å². The number of carboxylic acids is 1. The van der Waals surface area contributed by atoms with Crippen LogP contribution in [0.3, 0.4) is 0 Å². The van der Waals surface area contributed by atoms with E-state index in [1.807, 2.05) is 13.8 Å². The quantitative estimate of drug-likeness (QED) is 0.838. The molecular weight excluding hydrogens is 290 g/mol. The number of carboxylic acid groups (broad SMARTS) is 1. The number of aryl methyl sites for hydroxylation is 1. The third-order valence-corrected chi connectivity index (χ3v) is 4.58. The number of thiophene rings is 1. The molecule has 1 aliphatic rings. The second-order valence-corrected chi connectivity index (χ2v) is 6.29. The van der Waals surface area contributed by atoms with Crippen LogP contribution in [-0.4, -0.2) is 35.7 Å². The van der Waals surface area contributed by atoms with E-state index in [2.05, 4.69) is 5.32 Å². The average Bonchev–Trinajstić information content (AvgIpc) is 2.78. The molecule has 2 atom stereocenters. The zero-order chi connectivity index (χ0) is 15.4. The van der Waals surface area contributed by atoms with Crippen molar-refractivity contribution in [3.8, 4) is 0 Å². The summed E-state index contributed by atoms with van der Waals surface area (Å²) >= 11 is 1.31. The van der Waals surface area contributed by atoms with Crippen LogP contribution >= 0.6 is 11.3 Å². The monoisotopic (exact) mass is 309 g/mol. The van der Waals surface area contributed by atoms with Crippen molar-refractivity contribution in [3.05, 3.63) is 27.5 Å². The van der Waals surface area contributed by atoms with Crippen LogP contribution in [0.5, 0.6) is 0 Å². The molecule has 1 fully saturated rings. The lowest BCUT2D eigenvalue weighted by Gasteiger charge is -2.27.